The largest absolute Gasteiger partial charge is 0.478 e. The summed E-state index contributed by atoms with van der Waals surface area (Å²) < 4.78 is 14.3. The Balaban J connectivity index is 1.87. The summed E-state index contributed by atoms with van der Waals surface area (Å²) in [6.45, 7) is 0. The molecule has 1 aliphatic heterocycles. The van der Waals surface area contributed by atoms with E-state index in [4.69, 9.17) is 0 Å². The van der Waals surface area contributed by atoms with Crippen LogP contribution in [-0.2, 0) is 0 Å². The predicted octanol–water partition coefficient (Wildman–Crippen LogP) is 4.35. The molecule has 116 valence electrons. The minimum Gasteiger partial charge on any atom is -0.478 e. The van der Waals surface area contributed by atoms with Crippen LogP contribution in [0, 0.1) is 11.7 Å². The van der Waals surface area contributed by atoms with E-state index in [-0.39, 0.29) is 29.3 Å². The first kappa shape index (κ1) is 14.0. The highest BCUT2D eigenvalue weighted by atomic mass is 19.1. The monoisotopic (exact) mass is 309 g/mol. The van der Waals surface area contributed by atoms with Gasteiger partial charge in [-0.05, 0) is 30.0 Å². The maximum Gasteiger partial charge on any atom is 0.337 e. The minimum atomic E-state index is -0.970. The van der Waals surface area contributed by atoms with Gasteiger partial charge in [0.05, 0.1) is 17.3 Å². The Morgan fingerprint density at radius 2 is 1.91 bits per heavy atom. The lowest BCUT2D eigenvalue weighted by Gasteiger charge is -2.38. The van der Waals surface area contributed by atoms with Crippen molar-refractivity contribution in [2.45, 2.75) is 18.4 Å². The zero-order valence-corrected chi connectivity index (χ0v) is 12.4. The summed E-state index contributed by atoms with van der Waals surface area (Å²) in [6, 6.07) is 11.8. The number of carbonyl (C=O) groups is 1. The molecule has 2 aromatic carbocycles. The van der Waals surface area contributed by atoms with Crippen molar-refractivity contribution in [3.63, 3.8) is 0 Å². The van der Waals surface area contributed by atoms with E-state index in [1.54, 1.807) is 24.3 Å². The van der Waals surface area contributed by atoms with Gasteiger partial charge in [-0.1, -0.05) is 42.5 Å². The van der Waals surface area contributed by atoms with E-state index < -0.39 is 5.97 Å². The first-order chi connectivity index (χ1) is 11.2. The molecule has 0 unspecified atom stereocenters. The number of carboxylic acid groups (broad SMARTS) is 1. The summed E-state index contributed by atoms with van der Waals surface area (Å²) in [5, 5.41) is 12.8. The first-order valence-electron chi connectivity index (χ1n) is 7.70. The third-order valence-electron chi connectivity index (χ3n) is 4.87. The van der Waals surface area contributed by atoms with Crippen molar-refractivity contribution in [2.75, 3.05) is 5.32 Å². The van der Waals surface area contributed by atoms with Crippen LogP contribution in [0.5, 0.6) is 0 Å². The Kier molecular flexibility index (Phi) is 3.18. The van der Waals surface area contributed by atoms with Gasteiger partial charge in [-0.3, -0.25) is 0 Å². The number of fused-ring (bicyclic) bond motifs is 3. The summed E-state index contributed by atoms with van der Waals surface area (Å²) >= 11 is 0. The van der Waals surface area contributed by atoms with Gasteiger partial charge in [0.1, 0.15) is 5.82 Å². The lowest BCUT2D eigenvalue weighted by molar-refractivity contribution is 0.0697. The molecule has 4 rings (SSSR count). The average Bonchev–Trinajstić information content (AvgIpc) is 3.04. The smallest absolute Gasteiger partial charge is 0.337 e. The van der Waals surface area contributed by atoms with Gasteiger partial charge in [0.25, 0.3) is 0 Å². The molecule has 0 amide bonds. The Morgan fingerprint density at radius 1 is 1.13 bits per heavy atom. The normalized spacial score (nSPS) is 24.7. The lowest BCUT2D eigenvalue weighted by atomic mass is 9.76. The van der Waals surface area contributed by atoms with Gasteiger partial charge in [0.2, 0.25) is 0 Å². The third kappa shape index (κ3) is 2.13. The maximum absolute atomic E-state index is 14.3. The molecule has 4 heteroatoms. The number of anilines is 1. The Bertz CT molecular complexity index is 815. The van der Waals surface area contributed by atoms with Crippen LogP contribution in [0.2, 0.25) is 0 Å². The fourth-order valence-electron chi connectivity index (χ4n) is 3.83. The van der Waals surface area contributed by atoms with Crippen molar-refractivity contribution < 1.29 is 14.3 Å². The van der Waals surface area contributed by atoms with E-state index in [0.717, 1.165) is 12.0 Å². The van der Waals surface area contributed by atoms with E-state index >= 15 is 0 Å². The van der Waals surface area contributed by atoms with Crippen LogP contribution in [0.3, 0.4) is 0 Å². The molecule has 3 nitrogen and oxygen atoms in total. The van der Waals surface area contributed by atoms with E-state index in [1.165, 1.54) is 6.07 Å². The Labute approximate surface area is 133 Å². The topological polar surface area (TPSA) is 49.3 Å². The van der Waals surface area contributed by atoms with E-state index in [1.807, 2.05) is 12.1 Å². The number of allylic oxidation sites excluding steroid dienone is 2. The van der Waals surface area contributed by atoms with Gasteiger partial charge in [0, 0.05) is 11.5 Å². The van der Waals surface area contributed by atoms with Crippen molar-refractivity contribution in [2.24, 2.45) is 5.92 Å². The number of halogens is 1. The highest BCUT2D eigenvalue weighted by Gasteiger charge is 2.40. The summed E-state index contributed by atoms with van der Waals surface area (Å²) in [4.78, 5) is 11.5. The van der Waals surface area contributed by atoms with Crippen molar-refractivity contribution in [3.8, 4) is 0 Å². The molecule has 0 spiro atoms. The summed E-state index contributed by atoms with van der Waals surface area (Å²) in [7, 11) is 0. The van der Waals surface area contributed by atoms with E-state index in [0.29, 0.717) is 11.3 Å². The van der Waals surface area contributed by atoms with Crippen molar-refractivity contribution in [1.82, 2.24) is 0 Å². The third-order valence-corrected chi connectivity index (χ3v) is 4.87. The SMILES string of the molecule is O=C(O)c1cccc2c1N[C@@H](c1ccccc1F)[C@@H]1CC=C[C@H]21. The van der Waals surface area contributed by atoms with Gasteiger partial charge in [0.15, 0.2) is 0 Å². The molecule has 23 heavy (non-hydrogen) atoms. The second-order valence-corrected chi connectivity index (χ2v) is 6.07. The molecule has 3 atom stereocenters. The molecular formula is C19H16FNO2. The maximum atomic E-state index is 14.3. The molecule has 0 bridgehead atoms. The number of aromatic carboxylic acids is 1. The Morgan fingerprint density at radius 3 is 2.70 bits per heavy atom. The lowest BCUT2D eigenvalue weighted by Crippen LogP contribution is -2.30. The highest BCUT2D eigenvalue weighted by Crippen LogP contribution is 2.50. The number of hydrogen-bond acceptors (Lipinski definition) is 2. The molecule has 2 N–H and O–H groups in total. The first-order valence-corrected chi connectivity index (χ1v) is 7.70. The van der Waals surface area contributed by atoms with Crippen molar-refractivity contribution in [3.05, 3.63) is 77.1 Å². The number of carboxylic acids is 1. The van der Waals surface area contributed by atoms with Gasteiger partial charge in [-0.15, -0.1) is 0 Å². The summed E-state index contributed by atoms with van der Waals surface area (Å²) in [6.07, 6.45) is 5.07. The molecule has 0 aromatic heterocycles. The average molecular weight is 309 g/mol. The van der Waals surface area contributed by atoms with Gasteiger partial charge >= 0.3 is 5.97 Å². The van der Waals surface area contributed by atoms with Crippen LogP contribution >= 0.6 is 0 Å². The van der Waals surface area contributed by atoms with Gasteiger partial charge < -0.3 is 10.4 Å². The van der Waals surface area contributed by atoms with E-state index in [9.17, 15) is 14.3 Å². The number of benzene rings is 2. The molecule has 0 fully saturated rings. The zero-order chi connectivity index (χ0) is 16.0. The zero-order valence-electron chi connectivity index (χ0n) is 12.4. The molecule has 0 saturated carbocycles. The standard InChI is InChI=1S/C19H16FNO2/c20-16-10-2-1-5-14(16)17-12-7-3-6-11(12)13-8-4-9-15(19(22)23)18(13)21-17/h1-6,8-12,17,21H,7H2,(H,22,23)/t11-,12+,17+/m0/s1. The predicted molar refractivity (Wildman–Crippen MR) is 86.2 cm³/mol. The van der Waals surface area contributed by atoms with Crippen LogP contribution in [0.15, 0.2) is 54.6 Å². The van der Waals surface area contributed by atoms with Gasteiger partial charge in [-0.2, -0.15) is 0 Å². The van der Waals surface area contributed by atoms with Gasteiger partial charge in [-0.25, -0.2) is 9.18 Å². The van der Waals surface area contributed by atoms with Crippen LogP contribution < -0.4 is 5.32 Å². The van der Waals surface area contributed by atoms with Crippen LogP contribution in [-0.4, -0.2) is 11.1 Å². The summed E-state index contributed by atoms with van der Waals surface area (Å²) in [5.41, 5.74) is 2.43. The Hall–Kier alpha value is -2.62. The summed E-state index contributed by atoms with van der Waals surface area (Å²) in [5.74, 6) is -0.910. The number of rotatable bonds is 2. The molecule has 1 aliphatic carbocycles. The van der Waals surface area contributed by atoms with Crippen molar-refractivity contribution in [1.29, 1.82) is 0 Å². The molecular weight excluding hydrogens is 293 g/mol. The second-order valence-electron chi connectivity index (χ2n) is 6.07. The molecule has 0 radical (unpaired) electrons. The minimum absolute atomic E-state index is 0.121. The molecule has 1 heterocycles. The van der Waals surface area contributed by atoms with E-state index in [2.05, 4.69) is 17.5 Å². The second kappa shape index (κ2) is 5.23. The van der Waals surface area contributed by atoms with Crippen LogP contribution in [0.4, 0.5) is 10.1 Å². The van der Waals surface area contributed by atoms with Crippen LogP contribution in [0.25, 0.3) is 0 Å². The fraction of sp³-hybridized carbons (Fsp3) is 0.211. The molecule has 2 aromatic rings. The number of nitrogens with one attached hydrogen (secondary N) is 1. The number of para-hydroxylation sites is 1. The number of hydrogen-bond donors (Lipinski definition) is 2. The van der Waals surface area contributed by atoms with Crippen LogP contribution in [0.1, 0.15) is 39.9 Å². The molecule has 0 saturated heterocycles. The fourth-order valence-corrected chi connectivity index (χ4v) is 3.83. The van der Waals surface area contributed by atoms with Crippen molar-refractivity contribution >= 4 is 11.7 Å². The quantitative estimate of drug-likeness (QED) is 0.811. The highest BCUT2D eigenvalue weighted by molar-refractivity contribution is 5.95. The molecule has 2 aliphatic rings.